The van der Waals surface area contributed by atoms with Crippen LogP contribution in [0.25, 0.3) is 0 Å². The van der Waals surface area contributed by atoms with Crippen molar-refractivity contribution < 1.29 is 14.3 Å². The standard InChI is InChI=1S/C12H10FN3O3/c1-6-14-10(5-11(17)15-6)16-9-3-2-7(12(18)19)4-8(9)13/h2-5H,1H3,(H,18,19)(H2,14,15,16,17). The van der Waals surface area contributed by atoms with Crippen LogP contribution < -0.4 is 10.9 Å². The van der Waals surface area contributed by atoms with Crippen LogP contribution in [0.4, 0.5) is 15.9 Å². The molecule has 0 spiro atoms. The maximum Gasteiger partial charge on any atom is 0.335 e. The number of halogens is 1. The number of aryl methyl sites for hydroxylation is 1. The van der Waals surface area contributed by atoms with E-state index in [0.29, 0.717) is 5.82 Å². The minimum Gasteiger partial charge on any atom is -0.478 e. The number of carbonyl (C=O) groups is 1. The highest BCUT2D eigenvalue weighted by Gasteiger charge is 2.09. The molecule has 2 rings (SSSR count). The van der Waals surface area contributed by atoms with Crippen molar-refractivity contribution in [3.8, 4) is 0 Å². The van der Waals surface area contributed by atoms with Gasteiger partial charge in [0.05, 0.1) is 11.3 Å². The number of nitrogens with one attached hydrogen (secondary N) is 2. The Morgan fingerprint density at radius 2 is 2.16 bits per heavy atom. The molecule has 1 aromatic heterocycles. The van der Waals surface area contributed by atoms with Crippen LogP contribution in [-0.2, 0) is 0 Å². The smallest absolute Gasteiger partial charge is 0.335 e. The molecular weight excluding hydrogens is 253 g/mol. The molecule has 0 saturated carbocycles. The number of anilines is 2. The van der Waals surface area contributed by atoms with Crippen LogP contribution in [0.2, 0.25) is 0 Å². The monoisotopic (exact) mass is 263 g/mol. The molecule has 1 aromatic carbocycles. The van der Waals surface area contributed by atoms with E-state index in [-0.39, 0.29) is 22.6 Å². The largest absolute Gasteiger partial charge is 0.478 e. The third-order valence-electron chi connectivity index (χ3n) is 2.34. The number of hydrogen-bond acceptors (Lipinski definition) is 4. The lowest BCUT2D eigenvalue weighted by Gasteiger charge is -2.07. The van der Waals surface area contributed by atoms with Gasteiger partial charge < -0.3 is 15.4 Å². The fourth-order valence-electron chi connectivity index (χ4n) is 1.53. The van der Waals surface area contributed by atoms with Crippen LogP contribution in [0.15, 0.2) is 29.1 Å². The molecule has 2 aromatic rings. The van der Waals surface area contributed by atoms with Gasteiger partial charge in [0.25, 0.3) is 5.56 Å². The van der Waals surface area contributed by atoms with E-state index in [2.05, 4.69) is 15.3 Å². The zero-order chi connectivity index (χ0) is 14.0. The molecule has 0 fully saturated rings. The second kappa shape index (κ2) is 4.89. The van der Waals surface area contributed by atoms with Gasteiger partial charge in [-0.1, -0.05) is 0 Å². The number of aromatic nitrogens is 2. The quantitative estimate of drug-likeness (QED) is 0.782. The number of hydrogen-bond donors (Lipinski definition) is 3. The molecule has 0 aliphatic carbocycles. The fourth-order valence-corrected chi connectivity index (χ4v) is 1.53. The summed E-state index contributed by atoms with van der Waals surface area (Å²) >= 11 is 0. The summed E-state index contributed by atoms with van der Waals surface area (Å²) < 4.78 is 13.7. The minimum atomic E-state index is -1.21. The summed E-state index contributed by atoms with van der Waals surface area (Å²) in [4.78, 5) is 28.3. The second-order valence-corrected chi connectivity index (χ2v) is 3.84. The zero-order valence-corrected chi connectivity index (χ0v) is 9.90. The first-order chi connectivity index (χ1) is 8.95. The lowest BCUT2D eigenvalue weighted by atomic mass is 10.2. The van der Waals surface area contributed by atoms with Crippen molar-refractivity contribution in [1.29, 1.82) is 0 Å². The Labute approximate surface area is 106 Å². The van der Waals surface area contributed by atoms with E-state index in [9.17, 15) is 14.0 Å². The van der Waals surface area contributed by atoms with Gasteiger partial charge in [0.1, 0.15) is 17.5 Å². The fraction of sp³-hybridized carbons (Fsp3) is 0.0833. The normalized spacial score (nSPS) is 10.2. The molecule has 0 atom stereocenters. The molecule has 0 aliphatic rings. The van der Waals surface area contributed by atoms with Crippen molar-refractivity contribution in [3.05, 3.63) is 51.8 Å². The molecule has 0 aliphatic heterocycles. The average molecular weight is 263 g/mol. The molecule has 7 heteroatoms. The van der Waals surface area contributed by atoms with Gasteiger partial charge >= 0.3 is 5.97 Å². The van der Waals surface area contributed by atoms with E-state index in [1.54, 1.807) is 6.92 Å². The Balaban J connectivity index is 2.33. The number of benzene rings is 1. The molecule has 0 saturated heterocycles. The highest BCUT2D eigenvalue weighted by Crippen LogP contribution is 2.19. The predicted octanol–water partition coefficient (Wildman–Crippen LogP) is 1.66. The van der Waals surface area contributed by atoms with Gasteiger partial charge in [-0.05, 0) is 25.1 Å². The van der Waals surface area contributed by atoms with Crippen LogP contribution >= 0.6 is 0 Å². The van der Waals surface area contributed by atoms with Crippen molar-refractivity contribution in [2.45, 2.75) is 6.92 Å². The number of aromatic amines is 1. The number of carboxylic acids is 1. The van der Waals surface area contributed by atoms with Gasteiger partial charge in [-0.25, -0.2) is 14.2 Å². The van der Waals surface area contributed by atoms with Gasteiger partial charge in [-0.3, -0.25) is 4.79 Å². The molecule has 98 valence electrons. The van der Waals surface area contributed by atoms with E-state index < -0.39 is 11.8 Å². The van der Waals surface area contributed by atoms with E-state index >= 15 is 0 Å². The highest BCUT2D eigenvalue weighted by atomic mass is 19.1. The number of aromatic carboxylic acids is 1. The van der Waals surface area contributed by atoms with Crippen molar-refractivity contribution >= 4 is 17.5 Å². The van der Waals surface area contributed by atoms with Gasteiger partial charge in [-0.15, -0.1) is 0 Å². The highest BCUT2D eigenvalue weighted by molar-refractivity contribution is 5.88. The van der Waals surface area contributed by atoms with Crippen LogP contribution in [0.1, 0.15) is 16.2 Å². The molecule has 1 heterocycles. The molecule has 3 N–H and O–H groups in total. The molecule has 0 bridgehead atoms. The van der Waals surface area contributed by atoms with Crippen molar-refractivity contribution in [3.63, 3.8) is 0 Å². The first-order valence-electron chi connectivity index (χ1n) is 5.33. The topological polar surface area (TPSA) is 95.1 Å². The summed E-state index contributed by atoms with van der Waals surface area (Å²) in [5.74, 6) is -1.38. The van der Waals surface area contributed by atoms with Crippen molar-refractivity contribution in [2.24, 2.45) is 0 Å². The third-order valence-corrected chi connectivity index (χ3v) is 2.34. The Morgan fingerprint density at radius 1 is 1.42 bits per heavy atom. The Hall–Kier alpha value is -2.70. The predicted molar refractivity (Wildman–Crippen MR) is 66.2 cm³/mol. The molecule has 0 radical (unpaired) electrons. The van der Waals surface area contributed by atoms with E-state index in [1.807, 2.05) is 0 Å². The first-order valence-corrected chi connectivity index (χ1v) is 5.33. The average Bonchev–Trinajstić information content (AvgIpc) is 2.30. The Morgan fingerprint density at radius 3 is 2.74 bits per heavy atom. The summed E-state index contributed by atoms with van der Waals surface area (Å²) in [5, 5.41) is 11.3. The van der Waals surface area contributed by atoms with Gasteiger partial charge in [-0.2, -0.15) is 0 Å². The lowest BCUT2D eigenvalue weighted by molar-refractivity contribution is 0.0696. The molecule has 0 unspecified atom stereocenters. The summed E-state index contributed by atoms with van der Waals surface area (Å²) in [5.41, 5.74) is -0.474. The van der Waals surface area contributed by atoms with Crippen LogP contribution in [0.5, 0.6) is 0 Å². The van der Waals surface area contributed by atoms with Crippen molar-refractivity contribution in [1.82, 2.24) is 9.97 Å². The third kappa shape index (κ3) is 2.95. The molecular formula is C12H10FN3O3. The SMILES string of the molecule is Cc1nc(Nc2ccc(C(=O)O)cc2F)cc(=O)[nH]1. The first kappa shape index (κ1) is 12.7. The Kier molecular flexibility index (Phi) is 3.28. The van der Waals surface area contributed by atoms with Crippen molar-refractivity contribution in [2.75, 3.05) is 5.32 Å². The minimum absolute atomic E-state index is 0.0440. The maximum atomic E-state index is 13.7. The number of nitrogens with zero attached hydrogens (tertiary/aromatic N) is 1. The van der Waals surface area contributed by atoms with Crippen LogP contribution in [0, 0.1) is 12.7 Å². The molecule has 19 heavy (non-hydrogen) atoms. The number of carboxylic acid groups (broad SMARTS) is 1. The number of rotatable bonds is 3. The summed E-state index contributed by atoms with van der Waals surface area (Å²) in [6.45, 7) is 1.59. The molecule has 6 nitrogen and oxygen atoms in total. The lowest BCUT2D eigenvalue weighted by Crippen LogP contribution is -2.10. The summed E-state index contributed by atoms with van der Waals surface area (Å²) in [6, 6.07) is 4.60. The van der Waals surface area contributed by atoms with E-state index in [1.165, 1.54) is 18.2 Å². The molecule has 0 amide bonds. The Bertz CT molecular complexity index is 697. The summed E-state index contributed by atoms with van der Waals surface area (Å²) in [7, 11) is 0. The van der Waals surface area contributed by atoms with E-state index in [0.717, 1.165) is 6.07 Å². The van der Waals surface area contributed by atoms with E-state index in [4.69, 9.17) is 5.11 Å². The second-order valence-electron chi connectivity index (χ2n) is 3.84. The van der Waals surface area contributed by atoms with Crippen LogP contribution in [0.3, 0.4) is 0 Å². The summed E-state index contributed by atoms with van der Waals surface area (Å²) in [6.07, 6.45) is 0. The van der Waals surface area contributed by atoms with Gasteiger partial charge in [0.2, 0.25) is 0 Å². The van der Waals surface area contributed by atoms with Gasteiger partial charge in [0.15, 0.2) is 0 Å². The zero-order valence-electron chi connectivity index (χ0n) is 9.90. The maximum absolute atomic E-state index is 13.7. The van der Waals surface area contributed by atoms with Gasteiger partial charge in [0, 0.05) is 6.07 Å². The number of H-pyrrole nitrogens is 1. The van der Waals surface area contributed by atoms with Crippen LogP contribution in [-0.4, -0.2) is 21.0 Å².